The van der Waals surface area contributed by atoms with Crippen molar-refractivity contribution in [3.8, 4) is 0 Å². The Morgan fingerprint density at radius 1 is 1.64 bits per heavy atom. The molecule has 0 radical (unpaired) electrons. The van der Waals surface area contributed by atoms with Crippen LogP contribution in [0.1, 0.15) is 32.0 Å². The van der Waals surface area contributed by atoms with Gasteiger partial charge >= 0.3 is 0 Å². The molecule has 1 fully saturated rings. The molecule has 1 N–H and O–H groups in total. The van der Waals surface area contributed by atoms with Crippen molar-refractivity contribution in [3.05, 3.63) is 15.6 Å². The summed E-state index contributed by atoms with van der Waals surface area (Å²) in [5, 5.41) is 3.26. The predicted octanol–water partition coefficient (Wildman–Crippen LogP) is 2.64. The monoisotopic (exact) mass is 303 g/mol. The molecule has 1 heterocycles. The molecule has 1 saturated carbocycles. The first-order valence-corrected chi connectivity index (χ1v) is 6.06. The van der Waals surface area contributed by atoms with Gasteiger partial charge in [0.05, 0.1) is 3.57 Å². The Morgan fingerprint density at radius 2 is 2.36 bits per heavy atom. The largest absolute Gasteiger partial charge is 0.369 e. The molecule has 0 aliphatic heterocycles. The Morgan fingerprint density at radius 3 is 2.93 bits per heavy atom. The predicted molar refractivity (Wildman–Crippen MR) is 65.4 cm³/mol. The molecule has 1 aromatic rings. The van der Waals surface area contributed by atoms with Gasteiger partial charge in [-0.05, 0) is 41.9 Å². The molecule has 76 valence electrons. The van der Waals surface area contributed by atoms with Crippen LogP contribution in [0.4, 0.5) is 5.82 Å². The third-order valence-electron chi connectivity index (χ3n) is 2.55. The summed E-state index contributed by atoms with van der Waals surface area (Å²) in [5.41, 5.74) is 0. The highest BCUT2D eigenvalue weighted by Gasteiger charge is 2.36. The Bertz CT molecular complexity index is 340. The molecule has 4 heteroatoms. The standard InChI is InChI=1S/C10H14IN3/c1-3-12-10-8(11)5-13-9(14-10)7-4-6(7)2/h5-7H,3-4H2,1-2H3,(H,12,13,14). The average Bonchev–Trinajstić information content (AvgIpc) is 2.87. The molecule has 0 bridgehead atoms. The van der Waals surface area contributed by atoms with Gasteiger partial charge in [0.1, 0.15) is 11.6 Å². The van der Waals surface area contributed by atoms with E-state index in [4.69, 9.17) is 0 Å². The maximum Gasteiger partial charge on any atom is 0.143 e. The van der Waals surface area contributed by atoms with Crippen molar-refractivity contribution in [1.29, 1.82) is 0 Å². The van der Waals surface area contributed by atoms with E-state index >= 15 is 0 Å². The van der Waals surface area contributed by atoms with Crippen molar-refractivity contribution in [2.45, 2.75) is 26.2 Å². The maximum absolute atomic E-state index is 4.54. The zero-order valence-electron chi connectivity index (χ0n) is 8.42. The van der Waals surface area contributed by atoms with Crippen molar-refractivity contribution in [1.82, 2.24) is 9.97 Å². The first-order chi connectivity index (χ1) is 6.72. The average molecular weight is 303 g/mol. The third kappa shape index (κ3) is 1.99. The number of nitrogens with zero attached hydrogens (tertiary/aromatic N) is 2. The van der Waals surface area contributed by atoms with Gasteiger partial charge in [0.15, 0.2) is 0 Å². The van der Waals surface area contributed by atoms with E-state index in [1.54, 1.807) is 0 Å². The first kappa shape index (κ1) is 10.1. The van der Waals surface area contributed by atoms with Crippen molar-refractivity contribution in [2.75, 3.05) is 11.9 Å². The van der Waals surface area contributed by atoms with E-state index < -0.39 is 0 Å². The molecular formula is C10H14IN3. The number of hydrogen-bond donors (Lipinski definition) is 1. The second-order valence-electron chi connectivity index (χ2n) is 3.77. The van der Waals surface area contributed by atoms with Crippen LogP contribution in [-0.2, 0) is 0 Å². The van der Waals surface area contributed by atoms with Gasteiger partial charge in [0.2, 0.25) is 0 Å². The lowest BCUT2D eigenvalue weighted by Gasteiger charge is -2.06. The molecule has 2 atom stereocenters. The van der Waals surface area contributed by atoms with E-state index in [1.807, 2.05) is 6.20 Å². The number of anilines is 1. The lowest BCUT2D eigenvalue weighted by atomic mass is 10.3. The van der Waals surface area contributed by atoms with Gasteiger partial charge < -0.3 is 5.32 Å². The summed E-state index contributed by atoms with van der Waals surface area (Å²) in [6.45, 7) is 5.24. The lowest BCUT2D eigenvalue weighted by molar-refractivity contribution is 0.839. The molecule has 1 aromatic heterocycles. The minimum atomic E-state index is 0.601. The van der Waals surface area contributed by atoms with Gasteiger partial charge in [-0.25, -0.2) is 9.97 Å². The van der Waals surface area contributed by atoms with Crippen LogP contribution in [0.3, 0.4) is 0 Å². The van der Waals surface area contributed by atoms with Gasteiger partial charge in [-0.1, -0.05) is 6.92 Å². The number of rotatable bonds is 3. The second-order valence-corrected chi connectivity index (χ2v) is 4.94. The summed E-state index contributed by atoms with van der Waals surface area (Å²) in [5.74, 6) is 3.36. The Labute approximate surface area is 97.9 Å². The fourth-order valence-corrected chi connectivity index (χ4v) is 1.98. The van der Waals surface area contributed by atoms with Gasteiger partial charge in [-0.3, -0.25) is 0 Å². The molecule has 2 rings (SSSR count). The second kappa shape index (κ2) is 4.00. The normalized spacial score (nSPS) is 24.8. The Balaban J connectivity index is 2.22. The molecule has 1 aliphatic carbocycles. The zero-order valence-corrected chi connectivity index (χ0v) is 10.6. The van der Waals surface area contributed by atoms with Crippen LogP contribution in [-0.4, -0.2) is 16.5 Å². The van der Waals surface area contributed by atoms with Gasteiger partial charge in [0, 0.05) is 18.7 Å². The first-order valence-electron chi connectivity index (χ1n) is 4.98. The van der Waals surface area contributed by atoms with E-state index in [9.17, 15) is 0 Å². The summed E-state index contributed by atoms with van der Waals surface area (Å²) < 4.78 is 1.10. The minimum Gasteiger partial charge on any atom is -0.369 e. The number of nitrogens with one attached hydrogen (secondary N) is 1. The Kier molecular flexibility index (Phi) is 2.90. The highest BCUT2D eigenvalue weighted by Crippen LogP contribution is 2.45. The fourth-order valence-electron chi connectivity index (χ4n) is 1.53. The van der Waals surface area contributed by atoms with Crippen molar-refractivity contribution >= 4 is 28.4 Å². The summed E-state index contributed by atoms with van der Waals surface area (Å²) in [7, 11) is 0. The summed E-state index contributed by atoms with van der Waals surface area (Å²) in [6.07, 6.45) is 3.15. The van der Waals surface area contributed by atoms with E-state index in [-0.39, 0.29) is 0 Å². The summed E-state index contributed by atoms with van der Waals surface area (Å²) in [6, 6.07) is 0. The molecule has 0 saturated heterocycles. The molecule has 2 unspecified atom stereocenters. The number of halogens is 1. The maximum atomic E-state index is 4.54. The molecule has 14 heavy (non-hydrogen) atoms. The van der Waals surface area contributed by atoms with Crippen LogP contribution in [0.2, 0.25) is 0 Å². The topological polar surface area (TPSA) is 37.8 Å². The van der Waals surface area contributed by atoms with E-state index in [2.05, 4.69) is 51.7 Å². The van der Waals surface area contributed by atoms with Crippen LogP contribution >= 0.6 is 22.6 Å². The van der Waals surface area contributed by atoms with Crippen molar-refractivity contribution in [2.24, 2.45) is 5.92 Å². The fraction of sp³-hybridized carbons (Fsp3) is 0.600. The van der Waals surface area contributed by atoms with Gasteiger partial charge in [-0.15, -0.1) is 0 Å². The van der Waals surface area contributed by atoms with Crippen LogP contribution in [0.15, 0.2) is 6.20 Å². The minimum absolute atomic E-state index is 0.601. The SMILES string of the molecule is CCNc1nc(C2CC2C)ncc1I. The molecule has 0 amide bonds. The smallest absolute Gasteiger partial charge is 0.143 e. The summed E-state index contributed by atoms with van der Waals surface area (Å²) >= 11 is 2.26. The van der Waals surface area contributed by atoms with Crippen LogP contribution in [0.25, 0.3) is 0 Å². The summed E-state index contributed by atoms with van der Waals surface area (Å²) in [4.78, 5) is 8.92. The van der Waals surface area contributed by atoms with Crippen LogP contribution in [0, 0.1) is 9.49 Å². The third-order valence-corrected chi connectivity index (χ3v) is 3.34. The molecule has 0 spiro atoms. The van der Waals surface area contributed by atoms with E-state index in [0.717, 1.165) is 27.7 Å². The van der Waals surface area contributed by atoms with Gasteiger partial charge in [0.25, 0.3) is 0 Å². The van der Waals surface area contributed by atoms with Crippen molar-refractivity contribution < 1.29 is 0 Å². The Hall–Kier alpha value is -0.390. The zero-order chi connectivity index (χ0) is 10.1. The molecular weight excluding hydrogens is 289 g/mol. The van der Waals surface area contributed by atoms with E-state index in [0.29, 0.717) is 5.92 Å². The number of aromatic nitrogens is 2. The molecule has 3 nitrogen and oxygen atoms in total. The molecule has 0 aromatic carbocycles. The molecule has 1 aliphatic rings. The highest BCUT2D eigenvalue weighted by atomic mass is 127. The van der Waals surface area contributed by atoms with Crippen molar-refractivity contribution in [3.63, 3.8) is 0 Å². The quantitative estimate of drug-likeness (QED) is 0.872. The van der Waals surface area contributed by atoms with Crippen LogP contribution in [0.5, 0.6) is 0 Å². The van der Waals surface area contributed by atoms with Crippen LogP contribution < -0.4 is 5.32 Å². The lowest BCUT2D eigenvalue weighted by Crippen LogP contribution is -2.05. The highest BCUT2D eigenvalue weighted by molar-refractivity contribution is 14.1. The number of hydrogen-bond acceptors (Lipinski definition) is 3. The van der Waals surface area contributed by atoms with Gasteiger partial charge in [-0.2, -0.15) is 0 Å². The van der Waals surface area contributed by atoms with E-state index in [1.165, 1.54) is 6.42 Å².